The number of carbonyl (C=O) groups is 2. The van der Waals surface area contributed by atoms with Gasteiger partial charge in [0.15, 0.2) is 6.61 Å². The van der Waals surface area contributed by atoms with Gasteiger partial charge in [-0.05, 0) is 43.9 Å². The number of carbonyl (C=O) groups excluding carboxylic acids is 2. The van der Waals surface area contributed by atoms with Gasteiger partial charge >= 0.3 is 0 Å². The van der Waals surface area contributed by atoms with Crippen molar-refractivity contribution in [3.63, 3.8) is 0 Å². The Labute approximate surface area is 142 Å². The van der Waals surface area contributed by atoms with Crippen molar-refractivity contribution in [1.82, 2.24) is 10.2 Å². The van der Waals surface area contributed by atoms with E-state index in [9.17, 15) is 14.7 Å². The van der Waals surface area contributed by atoms with Gasteiger partial charge in [0.25, 0.3) is 11.8 Å². The zero-order valence-electron chi connectivity index (χ0n) is 14.3. The second-order valence-electron chi connectivity index (χ2n) is 6.44. The number of piperidine rings is 1. The van der Waals surface area contributed by atoms with Gasteiger partial charge in [0, 0.05) is 25.2 Å². The molecule has 1 aromatic carbocycles. The van der Waals surface area contributed by atoms with E-state index in [0.717, 1.165) is 25.9 Å². The van der Waals surface area contributed by atoms with E-state index in [1.165, 1.54) is 0 Å². The Hall–Kier alpha value is -2.08. The molecule has 1 aliphatic rings. The van der Waals surface area contributed by atoms with Crippen molar-refractivity contribution in [2.75, 3.05) is 26.2 Å². The number of likely N-dealkylation sites (tertiary alicyclic amines) is 1. The lowest BCUT2D eigenvalue weighted by Crippen LogP contribution is -2.40. The van der Waals surface area contributed by atoms with Gasteiger partial charge in [-0.15, -0.1) is 0 Å². The van der Waals surface area contributed by atoms with Gasteiger partial charge in [0.1, 0.15) is 5.75 Å². The van der Waals surface area contributed by atoms with Crippen LogP contribution < -0.4 is 10.1 Å². The largest absolute Gasteiger partial charge is 0.484 e. The monoisotopic (exact) mass is 334 g/mol. The summed E-state index contributed by atoms with van der Waals surface area (Å²) in [6, 6.07) is 6.69. The quantitative estimate of drug-likeness (QED) is 0.825. The lowest BCUT2D eigenvalue weighted by atomic mass is 9.99. The zero-order chi connectivity index (χ0) is 17.5. The average Bonchev–Trinajstić information content (AvgIpc) is 2.58. The Morgan fingerprint density at radius 3 is 2.75 bits per heavy atom. The maximum Gasteiger partial charge on any atom is 0.260 e. The number of amides is 2. The summed E-state index contributed by atoms with van der Waals surface area (Å²) < 4.78 is 5.54. The molecular weight excluding hydrogens is 308 g/mol. The van der Waals surface area contributed by atoms with Gasteiger partial charge in [-0.2, -0.15) is 0 Å². The molecule has 0 aliphatic carbocycles. The van der Waals surface area contributed by atoms with Gasteiger partial charge in [0.2, 0.25) is 0 Å². The summed E-state index contributed by atoms with van der Waals surface area (Å²) in [5, 5.41) is 11.8. The lowest BCUT2D eigenvalue weighted by Gasteiger charge is -2.30. The summed E-state index contributed by atoms with van der Waals surface area (Å²) in [5.74, 6) is 0.855. The van der Waals surface area contributed by atoms with Crippen LogP contribution in [0.25, 0.3) is 0 Å². The van der Waals surface area contributed by atoms with Crippen LogP contribution in [-0.2, 0) is 4.79 Å². The van der Waals surface area contributed by atoms with Crippen LogP contribution in [0.1, 0.15) is 37.0 Å². The van der Waals surface area contributed by atoms with E-state index in [1.54, 1.807) is 31.2 Å². The molecule has 1 aromatic rings. The normalized spacial score (nSPS) is 16.5. The Balaban J connectivity index is 1.85. The molecule has 0 bridgehead atoms. The maximum absolute atomic E-state index is 12.2. The molecule has 1 fully saturated rings. The third kappa shape index (κ3) is 5.53. The second-order valence-corrected chi connectivity index (χ2v) is 6.44. The molecule has 2 rings (SSSR count). The van der Waals surface area contributed by atoms with E-state index in [2.05, 4.69) is 12.2 Å². The molecule has 0 spiro atoms. The minimum absolute atomic E-state index is 0.0207. The molecule has 1 heterocycles. The average molecular weight is 334 g/mol. The topological polar surface area (TPSA) is 78.9 Å². The summed E-state index contributed by atoms with van der Waals surface area (Å²) in [6.07, 6.45) is 1.47. The molecule has 1 saturated heterocycles. The van der Waals surface area contributed by atoms with Crippen molar-refractivity contribution >= 4 is 11.8 Å². The summed E-state index contributed by atoms with van der Waals surface area (Å²) in [5.41, 5.74) is 0.437. The first-order chi connectivity index (χ1) is 11.5. The summed E-state index contributed by atoms with van der Waals surface area (Å²) >= 11 is 0. The fraction of sp³-hybridized carbons (Fsp3) is 0.556. The Morgan fingerprint density at radius 1 is 1.38 bits per heavy atom. The molecule has 132 valence electrons. The molecular formula is C18H26N2O4. The molecule has 6 nitrogen and oxygen atoms in total. The lowest BCUT2D eigenvalue weighted by molar-refractivity contribution is -0.134. The number of aliphatic hydroxyl groups excluding tert-OH is 1. The van der Waals surface area contributed by atoms with Crippen molar-refractivity contribution in [3.05, 3.63) is 29.8 Å². The Bertz CT molecular complexity index is 566. The molecule has 1 atom stereocenters. The number of nitrogens with one attached hydrogen (secondary N) is 1. The van der Waals surface area contributed by atoms with Crippen LogP contribution in [0.5, 0.6) is 5.75 Å². The van der Waals surface area contributed by atoms with E-state index < -0.39 is 6.10 Å². The highest BCUT2D eigenvalue weighted by molar-refractivity contribution is 5.94. The highest BCUT2D eigenvalue weighted by atomic mass is 16.5. The molecule has 0 aromatic heterocycles. The number of aliphatic hydroxyl groups is 1. The number of rotatable bonds is 6. The zero-order valence-corrected chi connectivity index (χ0v) is 14.3. The van der Waals surface area contributed by atoms with E-state index in [-0.39, 0.29) is 25.0 Å². The smallest absolute Gasteiger partial charge is 0.260 e. The minimum Gasteiger partial charge on any atom is -0.484 e. The molecule has 1 unspecified atom stereocenters. The van der Waals surface area contributed by atoms with E-state index in [0.29, 0.717) is 17.2 Å². The van der Waals surface area contributed by atoms with Crippen LogP contribution in [0, 0.1) is 5.92 Å². The van der Waals surface area contributed by atoms with Gasteiger partial charge in [-0.3, -0.25) is 9.59 Å². The number of hydrogen-bond acceptors (Lipinski definition) is 4. The number of nitrogens with zero attached hydrogens (tertiary/aromatic N) is 1. The van der Waals surface area contributed by atoms with Crippen molar-refractivity contribution in [1.29, 1.82) is 0 Å². The SMILES string of the molecule is CC(O)CNC(=O)c1cccc(OCC(=O)N2CCC(C)CC2)c1. The number of hydrogen-bond donors (Lipinski definition) is 2. The molecule has 0 saturated carbocycles. The maximum atomic E-state index is 12.2. The van der Waals surface area contributed by atoms with Crippen molar-refractivity contribution in [3.8, 4) is 5.75 Å². The third-order valence-electron chi connectivity index (χ3n) is 4.15. The molecule has 0 radical (unpaired) electrons. The number of ether oxygens (including phenoxy) is 1. The first-order valence-corrected chi connectivity index (χ1v) is 8.42. The Morgan fingerprint density at radius 2 is 2.08 bits per heavy atom. The van der Waals surface area contributed by atoms with Crippen LogP contribution in [0.4, 0.5) is 0 Å². The van der Waals surface area contributed by atoms with Crippen LogP contribution in [0.3, 0.4) is 0 Å². The molecule has 24 heavy (non-hydrogen) atoms. The van der Waals surface area contributed by atoms with Gasteiger partial charge < -0.3 is 20.1 Å². The van der Waals surface area contributed by atoms with Crippen LogP contribution >= 0.6 is 0 Å². The van der Waals surface area contributed by atoms with Gasteiger partial charge in [-0.1, -0.05) is 13.0 Å². The van der Waals surface area contributed by atoms with Crippen LogP contribution in [0.15, 0.2) is 24.3 Å². The van der Waals surface area contributed by atoms with Crippen molar-refractivity contribution < 1.29 is 19.4 Å². The van der Waals surface area contributed by atoms with Gasteiger partial charge in [0.05, 0.1) is 6.10 Å². The van der Waals surface area contributed by atoms with Gasteiger partial charge in [-0.25, -0.2) is 0 Å². The van der Waals surface area contributed by atoms with Crippen molar-refractivity contribution in [2.24, 2.45) is 5.92 Å². The van der Waals surface area contributed by atoms with E-state index in [4.69, 9.17) is 4.74 Å². The minimum atomic E-state index is -0.599. The Kier molecular flexibility index (Phi) is 6.61. The fourth-order valence-electron chi connectivity index (χ4n) is 2.56. The number of benzene rings is 1. The molecule has 2 N–H and O–H groups in total. The van der Waals surface area contributed by atoms with E-state index in [1.807, 2.05) is 4.90 Å². The van der Waals surface area contributed by atoms with Crippen molar-refractivity contribution in [2.45, 2.75) is 32.8 Å². The second kappa shape index (κ2) is 8.68. The first kappa shape index (κ1) is 18.3. The fourth-order valence-corrected chi connectivity index (χ4v) is 2.56. The standard InChI is InChI=1S/C18H26N2O4/c1-13-6-8-20(9-7-13)17(22)12-24-16-5-3-4-15(10-16)18(23)19-11-14(2)21/h3-5,10,13-14,21H,6-9,11-12H2,1-2H3,(H,19,23). The summed E-state index contributed by atoms with van der Waals surface area (Å²) in [4.78, 5) is 26.0. The van der Waals surface area contributed by atoms with E-state index >= 15 is 0 Å². The molecule has 6 heteroatoms. The predicted molar refractivity (Wildman–Crippen MR) is 90.9 cm³/mol. The summed E-state index contributed by atoms with van der Waals surface area (Å²) in [7, 11) is 0. The highest BCUT2D eigenvalue weighted by Crippen LogP contribution is 2.17. The van der Waals surface area contributed by atoms with Crippen LogP contribution in [-0.4, -0.2) is 54.2 Å². The highest BCUT2D eigenvalue weighted by Gasteiger charge is 2.20. The molecule has 2 amide bonds. The summed E-state index contributed by atoms with van der Waals surface area (Å²) in [6.45, 7) is 5.54. The third-order valence-corrected chi connectivity index (χ3v) is 4.15. The van der Waals surface area contributed by atoms with Crippen LogP contribution in [0.2, 0.25) is 0 Å². The molecule has 1 aliphatic heterocycles. The first-order valence-electron chi connectivity index (χ1n) is 8.42. The predicted octanol–water partition coefficient (Wildman–Crippen LogP) is 1.43.